The van der Waals surface area contributed by atoms with Gasteiger partial charge in [-0.2, -0.15) is 0 Å². The Morgan fingerprint density at radius 2 is 1.78 bits per heavy atom. The Morgan fingerprint density at radius 1 is 1.19 bits per heavy atom. The molecule has 0 saturated carbocycles. The first-order valence-corrected chi connectivity index (χ1v) is 12.7. The Kier molecular flexibility index (Phi) is 11.1. The lowest BCUT2D eigenvalue weighted by Gasteiger charge is -2.42. The molecule has 1 amide bonds. The molecule has 0 fully saturated rings. The molecular formula is C22H41NO3Si. The van der Waals surface area contributed by atoms with Crippen LogP contribution in [0.2, 0.25) is 18.1 Å². The maximum atomic E-state index is 12.0. The van der Waals surface area contributed by atoms with E-state index in [1.54, 1.807) is 13.1 Å². The van der Waals surface area contributed by atoms with Crippen molar-refractivity contribution in [3.8, 4) is 0 Å². The number of allylic oxidation sites excluding steroid dienone is 4. The number of likely N-dealkylation sites (N-methyl/N-ethyl adjacent to an activating group) is 1. The van der Waals surface area contributed by atoms with Gasteiger partial charge < -0.3 is 4.43 Å². The summed E-state index contributed by atoms with van der Waals surface area (Å²) in [6.45, 7) is 17.7. The number of rotatable bonds is 10. The van der Waals surface area contributed by atoms with Crippen LogP contribution in [0.5, 0.6) is 0 Å². The highest BCUT2D eigenvalue weighted by Crippen LogP contribution is 2.39. The smallest absolute Gasteiger partial charge is 0.269 e. The molecule has 0 saturated heterocycles. The van der Waals surface area contributed by atoms with Gasteiger partial charge >= 0.3 is 0 Å². The number of amides is 1. The molecule has 0 aromatic rings. The summed E-state index contributed by atoms with van der Waals surface area (Å²) < 4.78 is 6.78. The highest BCUT2D eigenvalue weighted by Gasteiger charge is 2.41. The second-order valence-electron chi connectivity index (χ2n) is 8.75. The van der Waals surface area contributed by atoms with Gasteiger partial charge in [0, 0.05) is 13.1 Å². The van der Waals surface area contributed by atoms with Gasteiger partial charge in [-0.15, -0.1) is 0 Å². The molecule has 0 radical (unpaired) electrons. The molecule has 0 rings (SSSR count). The van der Waals surface area contributed by atoms with Gasteiger partial charge in [0.15, 0.2) is 8.32 Å². The van der Waals surface area contributed by atoms with Crippen LogP contribution in [0.1, 0.15) is 48.0 Å². The fraction of sp³-hybridized carbons (Fsp3) is 0.682. The minimum atomic E-state index is -1.92. The van der Waals surface area contributed by atoms with E-state index in [1.165, 1.54) is 12.2 Å². The number of carbonyl (C=O) groups excluding carboxylic acids is 1. The zero-order valence-electron chi connectivity index (χ0n) is 19.1. The van der Waals surface area contributed by atoms with Gasteiger partial charge in [-0.25, -0.2) is 5.06 Å². The van der Waals surface area contributed by atoms with Crippen molar-refractivity contribution in [1.82, 2.24) is 5.06 Å². The summed E-state index contributed by atoms with van der Waals surface area (Å²) in [4.78, 5) is 17.0. The Balaban J connectivity index is 5.44. The van der Waals surface area contributed by atoms with E-state index in [1.807, 2.05) is 25.2 Å². The molecule has 0 N–H and O–H groups in total. The Morgan fingerprint density at radius 3 is 2.26 bits per heavy atom. The van der Waals surface area contributed by atoms with E-state index in [0.29, 0.717) is 5.92 Å². The average molecular weight is 396 g/mol. The van der Waals surface area contributed by atoms with Crippen LogP contribution in [0.25, 0.3) is 0 Å². The summed E-state index contributed by atoms with van der Waals surface area (Å²) >= 11 is 0. The molecule has 3 unspecified atom stereocenters. The molecule has 0 aliphatic heterocycles. The number of hydrogen-bond donors (Lipinski definition) is 0. The molecule has 0 aromatic heterocycles. The molecule has 0 aromatic carbocycles. The van der Waals surface area contributed by atoms with E-state index in [2.05, 4.69) is 59.9 Å². The summed E-state index contributed by atoms with van der Waals surface area (Å²) in [5.74, 6) is 0.296. The lowest BCUT2D eigenvalue weighted by molar-refractivity contribution is -0.162. The minimum absolute atomic E-state index is 0.0537. The first-order valence-electron chi connectivity index (χ1n) is 9.83. The maximum absolute atomic E-state index is 12.0. The van der Waals surface area contributed by atoms with Crippen molar-refractivity contribution >= 4 is 14.2 Å². The van der Waals surface area contributed by atoms with E-state index in [9.17, 15) is 4.79 Å². The zero-order valence-corrected chi connectivity index (χ0v) is 20.1. The minimum Gasteiger partial charge on any atom is -0.413 e. The second-order valence-corrected chi connectivity index (χ2v) is 13.5. The molecule has 156 valence electrons. The number of hydrogen-bond acceptors (Lipinski definition) is 3. The highest BCUT2D eigenvalue weighted by atomic mass is 28.4. The first-order chi connectivity index (χ1) is 12.4. The molecule has 4 nitrogen and oxygen atoms in total. The van der Waals surface area contributed by atoms with Crippen molar-refractivity contribution in [2.45, 2.75) is 72.2 Å². The van der Waals surface area contributed by atoms with Crippen molar-refractivity contribution in [1.29, 1.82) is 0 Å². The van der Waals surface area contributed by atoms with Crippen molar-refractivity contribution < 1.29 is 14.1 Å². The zero-order chi connectivity index (χ0) is 21.3. The molecular weight excluding hydrogens is 354 g/mol. The maximum Gasteiger partial charge on any atom is 0.269 e. The SMILES string of the molecule is C/C=C/C=C/CC(C)C(O[Si](C)(C)C(C)(C)C)C(C)/C=C/C(=O)N(C)OC. The van der Waals surface area contributed by atoms with Gasteiger partial charge in [-0.1, -0.05) is 65.0 Å². The quantitative estimate of drug-likeness (QED) is 0.205. The fourth-order valence-corrected chi connectivity index (χ4v) is 3.90. The van der Waals surface area contributed by atoms with Gasteiger partial charge in [-0.3, -0.25) is 9.63 Å². The van der Waals surface area contributed by atoms with Crippen molar-refractivity contribution in [2.24, 2.45) is 11.8 Å². The Bertz CT molecular complexity index is 532. The molecule has 0 bridgehead atoms. The van der Waals surface area contributed by atoms with Gasteiger partial charge in [-0.05, 0) is 43.3 Å². The van der Waals surface area contributed by atoms with E-state index in [-0.39, 0.29) is 23.0 Å². The summed E-state index contributed by atoms with van der Waals surface area (Å²) in [6.07, 6.45) is 12.9. The molecule has 0 spiro atoms. The van der Waals surface area contributed by atoms with E-state index in [0.717, 1.165) is 6.42 Å². The first kappa shape index (κ1) is 25.8. The lowest BCUT2D eigenvalue weighted by Crippen LogP contribution is -2.47. The number of hydroxylamine groups is 2. The van der Waals surface area contributed by atoms with Crippen LogP contribution < -0.4 is 0 Å². The number of nitrogens with zero attached hydrogens (tertiary/aromatic N) is 1. The molecule has 0 heterocycles. The average Bonchev–Trinajstić information content (AvgIpc) is 2.58. The van der Waals surface area contributed by atoms with Crippen LogP contribution in [-0.4, -0.2) is 39.5 Å². The van der Waals surface area contributed by atoms with Crippen LogP contribution >= 0.6 is 0 Å². The fourth-order valence-electron chi connectivity index (χ4n) is 2.41. The molecule has 0 aliphatic carbocycles. The van der Waals surface area contributed by atoms with Crippen LogP contribution in [0.4, 0.5) is 0 Å². The largest absolute Gasteiger partial charge is 0.413 e. The highest BCUT2D eigenvalue weighted by molar-refractivity contribution is 6.74. The third kappa shape index (κ3) is 9.04. The van der Waals surface area contributed by atoms with E-state index < -0.39 is 8.32 Å². The molecule has 0 aliphatic rings. The molecule has 5 heteroatoms. The van der Waals surface area contributed by atoms with Gasteiger partial charge in [0.2, 0.25) is 0 Å². The third-order valence-electron chi connectivity index (χ3n) is 5.39. The van der Waals surface area contributed by atoms with E-state index in [4.69, 9.17) is 9.26 Å². The summed E-state index contributed by atoms with van der Waals surface area (Å²) in [5, 5.41) is 1.36. The number of carbonyl (C=O) groups is 1. The lowest BCUT2D eigenvalue weighted by atomic mass is 9.90. The van der Waals surface area contributed by atoms with E-state index >= 15 is 0 Å². The summed E-state index contributed by atoms with van der Waals surface area (Å²) in [5.41, 5.74) is 0. The van der Waals surface area contributed by atoms with Crippen LogP contribution in [0.15, 0.2) is 36.5 Å². The van der Waals surface area contributed by atoms with Crippen LogP contribution in [-0.2, 0) is 14.1 Å². The van der Waals surface area contributed by atoms with Crippen LogP contribution in [0.3, 0.4) is 0 Å². The predicted octanol–water partition coefficient (Wildman–Crippen LogP) is 5.75. The second kappa shape index (κ2) is 11.6. The van der Waals surface area contributed by atoms with Crippen molar-refractivity contribution in [3.05, 3.63) is 36.5 Å². The van der Waals surface area contributed by atoms with Gasteiger partial charge in [0.1, 0.15) is 0 Å². The predicted molar refractivity (Wildman–Crippen MR) is 118 cm³/mol. The van der Waals surface area contributed by atoms with Crippen molar-refractivity contribution in [2.75, 3.05) is 14.2 Å². The van der Waals surface area contributed by atoms with Gasteiger partial charge in [0.25, 0.3) is 5.91 Å². The standard InChI is InChI=1S/C22H41NO3Si/c1-11-12-13-14-15-18(2)21(26-27(9,10)22(4,5)6)19(3)16-17-20(24)23(7)25-8/h11-14,16-19,21H,15H2,1-10H3/b12-11+,14-13+,17-16+. The Hall–Kier alpha value is -1.17. The molecule has 3 atom stereocenters. The summed E-state index contributed by atoms with van der Waals surface area (Å²) in [6, 6.07) is 0. The van der Waals surface area contributed by atoms with Crippen LogP contribution in [0, 0.1) is 11.8 Å². The Labute approximate surface area is 168 Å². The topological polar surface area (TPSA) is 38.8 Å². The normalized spacial score (nSPS) is 17.0. The van der Waals surface area contributed by atoms with Gasteiger partial charge in [0.05, 0.1) is 13.2 Å². The molecule has 27 heavy (non-hydrogen) atoms. The monoisotopic (exact) mass is 395 g/mol. The third-order valence-corrected chi connectivity index (χ3v) is 9.86. The summed E-state index contributed by atoms with van der Waals surface area (Å²) in [7, 11) is 1.17. The van der Waals surface area contributed by atoms with Crippen molar-refractivity contribution in [3.63, 3.8) is 0 Å².